The van der Waals surface area contributed by atoms with E-state index in [1.807, 2.05) is 0 Å². The van der Waals surface area contributed by atoms with Crippen LogP contribution in [0, 0.1) is 0 Å². The lowest BCUT2D eigenvalue weighted by molar-refractivity contribution is -0.139. The van der Waals surface area contributed by atoms with Gasteiger partial charge in [-0.15, -0.1) is 0 Å². The number of hydrogen-bond donors (Lipinski definition) is 3. The molecule has 1 heterocycles. The summed E-state index contributed by atoms with van der Waals surface area (Å²) in [6, 6.07) is -0.368. The molecule has 0 spiro atoms. The standard InChI is InChI=1S/C5H9NO2S/c7-5(8)4-1-3(9)2-6-4/h3-4,6,9H,1-2H2,(H,7,8)/t3-,4+/m1/s1. The van der Waals surface area contributed by atoms with Crippen LogP contribution in [0.5, 0.6) is 0 Å². The van der Waals surface area contributed by atoms with Crippen LogP contribution in [0.1, 0.15) is 6.42 Å². The lowest BCUT2D eigenvalue weighted by Crippen LogP contribution is -2.29. The Morgan fingerprint density at radius 3 is 2.67 bits per heavy atom. The molecule has 1 rings (SSSR count). The molecule has 0 aromatic rings. The third-order valence-corrected chi connectivity index (χ3v) is 1.80. The zero-order valence-corrected chi connectivity index (χ0v) is 5.77. The molecule has 1 aliphatic rings. The third-order valence-electron chi connectivity index (χ3n) is 1.41. The van der Waals surface area contributed by atoms with Gasteiger partial charge in [-0.05, 0) is 6.42 Å². The number of hydrogen-bond acceptors (Lipinski definition) is 3. The van der Waals surface area contributed by atoms with Crippen molar-refractivity contribution in [2.45, 2.75) is 17.7 Å². The van der Waals surface area contributed by atoms with Gasteiger partial charge in [0.2, 0.25) is 0 Å². The summed E-state index contributed by atoms with van der Waals surface area (Å²) < 4.78 is 0. The van der Waals surface area contributed by atoms with Crippen molar-refractivity contribution in [3.63, 3.8) is 0 Å². The van der Waals surface area contributed by atoms with Crippen molar-refractivity contribution in [3.05, 3.63) is 0 Å². The van der Waals surface area contributed by atoms with Crippen LogP contribution in [-0.4, -0.2) is 28.9 Å². The number of carbonyl (C=O) groups is 1. The first-order valence-electron chi connectivity index (χ1n) is 2.84. The number of thiol groups is 1. The smallest absolute Gasteiger partial charge is 0.320 e. The van der Waals surface area contributed by atoms with E-state index in [-0.39, 0.29) is 11.3 Å². The molecule has 1 fully saturated rings. The molecular weight excluding hydrogens is 138 g/mol. The zero-order valence-electron chi connectivity index (χ0n) is 4.87. The molecule has 2 N–H and O–H groups in total. The van der Waals surface area contributed by atoms with Crippen LogP contribution in [0.25, 0.3) is 0 Å². The fourth-order valence-corrected chi connectivity index (χ4v) is 1.22. The summed E-state index contributed by atoms with van der Waals surface area (Å²) in [7, 11) is 0. The number of nitrogens with one attached hydrogen (secondary N) is 1. The molecule has 0 aromatic heterocycles. The monoisotopic (exact) mass is 147 g/mol. The van der Waals surface area contributed by atoms with E-state index in [2.05, 4.69) is 17.9 Å². The zero-order chi connectivity index (χ0) is 6.85. The van der Waals surface area contributed by atoms with Crippen LogP contribution in [0.3, 0.4) is 0 Å². The average molecular weight is 147 g/mol. The summed E-state index contributed by atoms with van der Waals surface area (Å²) in [6.45, 7) is 0.708. The Hall–Kier alpha value is -0.220. The minimum atomic E-state index is -0.772. The maximum absolute atomic E-state index is 10.3. The molecule has 1 aliphatic heterocycles. The number of aliphatic carboxylic acids is 1. The summed E-state index contributed by atoms with van der Waals surface area (Å²) in [5.74, 6) is -0.772. The second-order valence-corrected chi connectivity index (χ2v) is 2.92. The fraction of sp³-hybridized carbons (Fsp3) is 0.800. The molecule has 0 radical (unpaired) electrons. The largest absolute Gasteiger partial charge is 0.480 e. The molecule has 0 unspecified atom stereocenters. The van der Waals surface area contributed by atoms with Crippen LogP contribution in [0.4, 0.5) is 0 Å². The van der Waals surface area contributed by atoms with Gasteiger partial charge in [-0.2, -0.15) is 12.6 Å². The first-order chi connectivity index (χ1) is 4.20. The molecular formula is C5H9NO2S. The van der Waals surface area contributed by atoms with Gasteiger partial charge in [-0.25, -0.2) is 0 Å². The van der Waals surface area contributed by atoms with E-state index in [1.165, 1.54) is 0 Å². The highest BCUT2D eigenvalue weighted by molar-refractivity contribution is 7.81. The van der Waals surface area contributed by atoms with Crippen LogP contribution < -0.4 is 5.32 Å². The topological polar surface area (TPSA) is 49.3 Å². The molecule has 3 nitrogen and oxygen atoms in total. The number of carboxylic acids is 1. The Bertz CT molecular complexity index is 128. The molecule has 4 heteroatoms. The molecule has 0 amide bonds. The lowest BCUT2D eigenvalue weighted by Gasteiger charge is -1.99. The molecule has 1 saturated heterocycles. The minimum absolute atomic E-state index is 0.214. The van der Waals surface area contributed by atoms with Crippen LogP contribution >= 0.6 is 12.6 Å². The van der Waals surface area contributed by atoms with E-state index in [0.29, 0.717) is 13.0 Å². The summed E-state index contributed by atoms with van der Waals surface area (Å²) >= 11 is 4.12. The molecule has 9 heavy (non-hydrogen) atoms. The van der Waals surface area contributed by atoms with E-state index in [4.69, 9.17) is 5.11 Å². The first kappa shape index (κ1) is 6.89. The number of rotatable bonds is 1. The van der Waals surface area contributed by atoms with E-state index in [1.54, 1.807) is 0 Å². The summed E-state index contributed by atoms with van der Waals surface area (Å²) in [4.78, 5) is 10.3. The first-order valence-corrected chi connectivity index (χ1v) is 3.36. The van der Waals surface area contributed by atoms with Crippen molar-refractivity contribution in [1.82, 2.24) is 5.32 Å². The van der Waals surface area contributed by atoms with Gasteiger partial charge in [0.25, 0.3) is 0 Å². The predicted molar refractivity (Wildman–Crippen MR) is 36.8 cm³/mol. The molecule has 0 aliphatic carbocycles. The Kier molecular flexibility index (Phi) is 1.97. The molecule has 2 atom stereocenters. The predicted octanol–water partition coefficient (Wildman–Crippen LogP) is -0.269. The van der Waals surface area contributed by atoms with Gasteiger partial charge in [-0.1, -0.05) is 0 Å². The van der Waals surface area contributed by atoms with E-state index in [0.717, 1.165) is 0 Å². The van der Waals surface area contributed by atoms with E-state index < -0.39 is 5.97 Å². The molecule has 0 bridgehead atoms. The van der Waals surface area contributed by atoms with Crippen molar-refractivity contribution >= 4 is 18.6 Å². The normalized spacial score (nSPS) is 34.8. The Morgan fingerprint density at radius 2 is 2.44 bits per heavy atom. The SMILES string of the molecule is O=C(O)[C@@H]1C[C@@H](S)CN1. The van der Waals surface area contributed by atoms with E-state index >= 15 is 0 Å². The Balaban J connectivity index is 2.39. The Labute approximate surface area is 58.9 Å². The highest BCUT2D eigenvalue weighted by Gasteiger charge is 2.26. The van der Waals surface area contributed by atoms with Crippen LogP contribution in [-0.2, 0) is 4.79 Å². The number of carboxylic acid groups (broad SMARTS) is 1. The quantitative estimate of drug-likeness (QED) is 0.447. The van der Waals surface area contributed by atoms with Crippen molar-refractivity contribution in [3.8, 4) is 0 Å². The van der Waals surface area contributed by atoms with E-state index in [9.17, 15) is 4.79 Å². The molecule has 0 aromatic carbocycles. The van der Waals surface area contributed by atoms with Crippen LogP contribution in [0.2, 0.25) is 0 Å². The van der Waals surface area contributed by atoms with Gasteiger partial charge in [0.05, 0.1) is 0 Å². The van der Waals surface area contributed by atoms with Gasteiger partial charge in [-0.3, -0.25) is 4.79 Å². The summed E-state index contributed by atoms with van der Waals surface area (Å²) in [5.41, 5.74) is 0. The molecule has 0 saturated carbocycles. The second kappa shape index (κ2) is 2.58. The van der Waals surface area contributed by atoms with Gasteiger partial charge in [0.1, 0.15) is 6.04 Å². The Morgan fingerprint density at radius 1 is 1.78 bits per heavy atom. The van der Waals surface area contributed by atoms with Crippen molar-refractivity contribution in [1.29, 1.82) is 0 Å². The van der Waals surface area contributed by atoms with Gasteiger partial charge in [0.15, 0.2) is 0 Å². The maximum atomic E-state index is 10.3. The maximum Gasteiger partial charge on any atom is 0.320 e. The molecule has 52 valence electrons. The van der Waals surface area contributed by atoms with Crippen molar-refractivity contribution in [2.24, 2.45) is 0 Å². The lowest BCUT2D eigenvalue weighted by atomic mass is 10.2. The van der Waals surface area contributed by atoms with Crippen molar-refractivity contribution in [2.75, 3.05) is 6.54 Å². The highest BCUT2D eigenvalue weighted by Crippen LogP contribution is 2.11. The van der Waals surface area contributed by atoms with Crippen LogP contribution in [0.15, 0.2) is 0 Å². The van der Waals surface area contributed by atoms with Gasteiger partial charge in [0, 0.05) is 11.8 Å². The summed E-state index contributed by atoms with van der Waals surface area (Å²) in [6.07, 6.45) is 0.637. The third kappa shape index (κ3) is 1.59. The highest BCUT2D eigenvalue weighted by atomic mass is 32.1. The van der Waals surface area contributed by atoms with Gasteiger partial charge >= 0.3 is 5.97 Å². The fourth-order valence-electron chi connectivity index (χ4n) is 0.905. The van der Waals surface area contributed by atoms with Crippen molar-refractivity contribution < 1.29 is 9.90 Å². The average Bonchev–Trinajstić information content (AvgIpc) is 2.14. The van der Waals surface area contributed by atoms with Gasteiger partial charge < -0.3 is 10.4 Å². The minimum Gasteiger partial charge on any atom is -0.480 e. The summed E-state index contributed by atoms with van der Waals surface area (Å²) in [5, 5.41) is 11.5. The second-order valence-electron chi connectivity index (χ2n) is 2.19.